The van der Waals surface area contributed by atoms with Crippen LogP contribution >= 0.6 is 0 Å². The number of imidazole rings is 1. The highest BCUT2D eigenvalue weighted by Gasteiger charge is 2.18. The summed E-state index contributed by atoms with van der Waals surface area (Å²) < 4.78 is 24.2. The molecule has 1 heterocycles. The van der Waals surface area contributed by atoms with Gasteiger partial charge in [-0.3, -0.25) is 0 Å². The minimum atomic E-state index is -3.32. The first kappa shape index (κ1) is 13.9. The van der Waals surface area contributed by atoms with E-state index in [0.717, 1.165) is 19.3 Å². The fourth-order valence-electron chi connectivity index (χ4n) is 1.97. The molecule has 0 radical (unpaired) electrons. The lowest BCUT2D eigenvalue weighted by atomic mass is 10.2. The SMILES string of the molecule is CCCCCCS(=O)(=O)c1nc2ccc(N)cc2[nH]1. The van der Waals surface area contributed by atoms with Crippen molar-refractivity contribution >= 4 is 26.6 Å². The number of rotatable bonds is 6. The summed E-state index contributed by atoms with van der Waals surface area (Å²) >= 11 is 0. The monoisotopic (exact) mass is 281 g/mol. The summed E-state index contributed by atoms with van der Waals surface area (Å²) in [5.41, 5.74) is 7.53. The number of aromatic amines is 1. The van der Waals surface area contributed by atoms with Gasteiger partial charge in [-0.15, -0.1) is 0 Å². The number of unbranched alkanes of at least 4 members (excludes halogenated alkanes) is 3. The number of sulfone groups is 1. The summed E-state index contributed by atoms with van der Waals surface area (Å²) in [7, 11) is -3.32. The fraction of sp³-hybridized carbons (Fsp3) is 0.462. The third kappa shape index (κ3) is 3.26. The van der Waals surface area contributed by atoms with Crippen LogP contribution in [0.5, 0.6) is 0 Å². The summed E-state index contributed by atoms with van der Waals surface area (Å²) in [6, 6.07) is 5.12. The van der Waals surface area contributed by atoms with E-state index in [9.17, 15) is 8.42 Å². The Labute approximate surface area is 113 Å². The lowest BCUT2D eigenvalue weighted by Gasteiger charge is -2.00. The van der Waals surface area contributed by atoms with Crippen molar-refractivity contribution < 1.29 is 8.42 Å². The van der Waals surface area contributed by atoms with Crippen molar-refractivity contribution in [3.05, 3.63) is 18.2 Å². The number of nitrogens with zero attached hydrogens (tertiary/aromatic N) is 1. The van der Waals surface area contributed by atoms with Gasteiger partial charge in [0.2, 0.25) is 15.0 Å². The molecule has 2 rings (SSSR count). The van der Waals surface area contributed by atoms with E-state index in [1.165, 1.54) is 0 Å². The Bertz CT molecular complexity index is 662. The van der Waals surface area contributed by atoms with Gasteiger partial charge in [0, 0.05) is 5.69 Å². The van der Waals surface area contributed by atoms with Crippen molar-refractivity contribution in [2.45, 2.75) is 37.8 Å². The van der Waals surface area contributed by atoms with E-state index in [1.54, 1.807) is 18.2 Å². The molecule has 6 heteroatoms. The van der Waals surface area contributed by atoms with Crippen LogP contribution in [0.4, 0.5) is 5.69 Å². The van der Waals surface area contributed by atoms with Gasteiger partial charge in [-0.05, 0) is 24.6 Å². The zero-order valence-corrected chi connectivity index (χ0v) is 11.8. The first-order valence-corrected chi connectivity index (χ1v) is 8.16. The second kappa shape index (κ2) is 5.61. The number of benzene rings is 1. The second-order valence-electron chi connectivity index (χ2n) is 4.70. The van der Waals surface area contributed by atoms with E-state index in [1.807, 2.05) is 0 Å². The Hall–Kier alpha value is -1.56. The van der Waals surface area contributed by atoms with Gasteiger partial charge in [0.1, 0.15) is 0 Å². The van der Waals surface area contributed by atoms with Crippen LogP contribution in [0.2, 0.25) is 0 Å². The lowest BCUT2D eigenvalue weighted by Crippen LogP contribution is -2.08. The minimum Gasteiger partial charge on any atom is -0.399 e. The second-order valence-corrected chi connectivity index (χ2v) is 6.72. The first-order chi connectivity index (χ1) is 9.03. The fourth-order valence-corrected chi connectivity index (χ4v) is 3.25. The summed E-state index contributed by atoms with van der Waals surface area (Å²) in [5.74, 6) is 0.141. The van der Waals surface area contributed by atoms with Gasteiger partial charge in [-0.25, -0.2) is 13.4 Å². The number of nitrogen functional groups attached to an aromatic ring is 1. The smallest absolute Gasteiger partial charge is 0.226 e. The molecule has 104 valence electrons. The molecule has 0 saturated carbocycles. The summed E-state index contributed by atoms with van der Waals surface area (Å²) in [6.07, 6.45) is 3.76. The van der Waals surface area contributed by atoms with Crippen LogP contribution in [-0.4, -0.2) is 24.1 Å². The molecule has 0 atom stereocenters. The number of hydrogen-bond acceptors (Lipinski definition) is 4. The first-order valence-electron chi connectivity index (χ1n) is 6.51. The van der Waals surface area contributed by atoms with Crippen molar-refractivity contribution in [3.8, 4) is 0 Å². The van der Waals surface area contributed by atoms with Crippen LogP contribution in [0.25, 0.3) is 11.0 Å². The Morgan fingerprint density at radius 1 is 1.26 bits per heavy atom. The average Bonchev–Trinajstić information content (AvgIpc) is 2.78. The molecule has 0 bridgehead atoms. The van der Waals surface area contributed by atoms with E-state index in [-0.39, 0.29) is 10.9 Å². The van der Waals surface area contributed by atoms with Crippen LogP contribution in [-0.2, 0) is 9.84 Å². The van der Waals surface area contributed by atoms with Crippen molar-refractivity contribution in [2.24, 2.45) is 0 Å². The van der Waals surface area contributed by atoms with Crippen molar-refractivity contribution in [1.82, 2.24) is 9.97 Å². The Morgan fingerprint density at radius 3 is 2.79 bits per heavy atom. The number of H-pyrrole nitrogens is 1. The summed E-state index contributed by atoms with van der Waals surface area (Å²) in [6.45, 7) is 2.10. The highest BCUT2D eigenvalue weighted by atomic mass is 32.2. The minimum absolute atomic E-state index is 0.0459. The molecule has 0 amide bonds. The molecule has 0 aliphatic carbocycles. The molecule has 0 aliphatic rings. The molecular weight excluding hydrogens is 262 g/mol. The Morgan fingerprint density at radius 2 is 2.05 bits per heavy atom. The van der Waals surface area contributed by atoms with E-state index < -0.39 is 9.84 Å². The zero-order valence-electron chi connectivity index (χ0n) is 11.0. The lowest BCUT2D eigenvalue weighted by molar-refractivity contribution is 0.582. The topological polar surface area (TPSA) is 88.8 Å². The molecule has 0 fully saturated rings. The van der Waals surface area contributed by atoms with Crippen molar-refractivity contribution in [1.29, 1.82) is 0 Å². The molecule has 5 nitrogen and oxygen atoms in total. The van der Waals surface area contributed by atoms with Gasteiger partial charge >= 0.3 is 0 Å². The van der Waals surface area contributed by atoms with Crippen LogP contribution in [0.1, 0.15) is 32.6 Å². The standard InChI is InChI=1S/C13H19N3O2S/c1-2-3-4-5-8-19(17,18)13-15-11-7-6-10(14)9-12(11)16-13/h6-7,9H,2-5,8,14H2,1H3,(H,15,16). The molecule has 0 saturated heterocycles. The normalized spacial score (nSPS) is 12.1. The van der Waals surface area contributed by atoms with Crippen molar-refractivity contribution in [2.75, 3.05) is 11.5 Å². The summed E-state index contributed by atoms with van der Waals surface area (Å²) in [5, 5.41) is 0.0459. The number of nitrogens with one attached hydrogen (secondary N) is 1. The van der Waals surface area contributed by atoms with E-state index in [0.29, 0.717) is 23.1 Å². The van der Waals surface area contributed by atoms with Gasteiger partial charge in [-0.1, -0.05) is 26.2 Å². The maximum absolute atomic E-state index is 12.1. The highest BCUT2D eigenvalue weighted by Crippen LogP contribution is 2.18. The zero-order chi connectivity index (χ0) is 13.9. The third-order valence-corrected chi connectivity index (χ3v) is 4.65. The Kier molecular flexibility index (Phi) is 4.09. The molecule has 0 unspecified atom stereocenters. The summed E-state index contributed by atoms with van der Waals surface area (Å²) in [4.78, 5) is 6.96. The quantitative estimate of drug-likeness (QED) is 0.629. The predicted molar refractivity (Wildman–Crippen MR) is 76.7 cm³/mol. The number of anilines is 1. The number of fused-ring (bicyclic) bond motifs is 1. The highest BCUT2D eigenvalue weighted by molar-refractivity contribution is 7.91. The van der Waals surface area contributed by atoms with Gasteiger partial charge < -0.3 is 10.7 Å². The Balaban J connectivity index is 2.18. The largest absolute Gasteiger partial charge is 0.399 e. The maximum Gasteiger partial charge on any atom is 0.226 e. The molecule has 2 aromatic rings. The number of aromatic nitrogens is 2. The van der Waals surface area contributed by atoms with Crippen LogP contribution in [0.3, 0.4) is 0 Å². The predicted octanol–water partition coefficient (Wildman–Crippen LogP) is 2.50. The van der Waals surface area contributed by atoms with Crippen LogP contribution < -0.4 is 5.73 Å². The van der Waals surface area contributed by atoms with Gasteiger partial charge in [-0.2, -0.15) is 0 Å². The van der Waals surface area contributed by atoms with E-state index in [4.69, 9.17) is 5.73 Å². The molecule has 1 aromatic carbocycles. The molecule has 0 spiro atoms. The van der Waals surface area contributed by atoms with Crippen molar-refractivity contribution in [3.63, 3.8) is 0 Å². The van der Waals surface area contributed by atoms with Gasteiger partial charge in [0.05, 0.1) is 16.8 Å². The van der Waals surface area contributed by atoms with Gasteiger partial charge in [0.15, 0.2) is 0 Å². The maximum atomic E-state index is 12.1. The molecule has 1 aromatic heterocycles. The molecular formula is C13H19N3O2S. The van der Waals surface area contributed by atoms with Crippen LogP contribution in [0.15, 0.2) is 23.4 Å². The number of hydrogen-bond donors (Lipinski definition) is 2. The molecule has 0 aliphatic heterocycles. The molecule has 3 N–H and O–H groups in total. The van der Waals surface area contributed by atoms with Crippen LogP contribution in [0, 0.1) is 0 Å². The average molecular weight is 281 g/mol. The van der Waals surface area contributed by atoms with E-state index >= 15 is 0 Å². The van der Waals surface area contributed by atoms with E-state index in [2.05, 4.69) is 16.9 Å². The van der Waals surface area contributed by atoms with Gasteiger partial charge in [0.25, 0.3) is 0 Å². The molecule has 19 heavy (non-hydrogen) atoms. The third-order valence-electron chi connectivity index (χ3n) is 3.05. The number of nitrogens with two attached hydrogens (primary N) is 1.